The number of piperazine rings is 1. The van der Waals surface area contributed by atoms with Crippen molar-refractivity contribution < 1.29 is 9.53 Å². The van der Waals surface area contributed by atoms with Crippen molar-refractivity contribution >= 4 is 30.7 Å². The highest BCUT2D eigenvalue weighted by Crippen LogP contribution is 2.16. The molecule has 0 radical (unpaired) electrons. The largest absolute Gasteiger partial charge is 0.487 e. The predicted molar refractivity (Wildman–Crippen MR) is 103 cm³/mol. The number of ether oxygens (including phenoxy) is 1. The van der Waals surface area contributed by atoms with Crippen molar-refractivity contribution in [3.05, 3.63) is 59.9 Å². The first-order valence-corrected chi connectivity index (χ1v) is 7.88. The molecule has 1 fully saturated rings. The van der Waals surface area contributed by atoms with Gasteiger partial charge in [-0.15, -0.1) is 24.8 Å². The molecule has 5 nitrogen and oxygen atoms in total. The van der Waals surface area contributed by atoms with Crippen LogP contribution in [-0.4, -0.2) is 41.5 Å². The van der Waals surface area contributed by atoms with Crippen LogP contribution in [0.15, 0.2) is 48.7 Å². The number of amides is 1. The molecule has 0 bridgehead atoms. The molecular formula is C18H23Cl2N3O2. The fraction of sp³-hybridized carbons (Fsp3) is 0.333. The number of carbonyl (C=O) groups excluding carboxylic acids is 1. The molecule has 1 saturated heterocycles. The Morgan fingerprint density at radius 3 is 2.64 bits per heavy atom. The third-order valence-corrected chi connectivity index (χ3v) is 3.98. The number of hydrogen-bond donors (Lipinski definition) is 1. The second-order valence-electron chi connectivity index (χ2n) is 5.69. The number of nitrogens with one attached hydrogen (secondary N) is 1. The average Bonchev–Trinajstić information content (AvgIpc) is 2.61. The van der Waals surface area contributed by atoms with E-state index in [4.69, 9.17) is 4.74 Å². The summed E-state index contributed by atoms with van der Waals surface area (Å²) in [6.45, 7) is 4.92. The molecule has 25 heavy (non-hydrogen) atoms. The van der Waals surface area contributed by atoms with Crippen LogP contribution in [0.4, 0.5) is 0 Å². The van der Waals surface area contributed by atoms with Crippen LogP contribution >= 0.6 is 24.8 Å². The van der Waals surface area contributed by atoms with Gasteiger partial charge in [0.2, 0.25) is 0 Å². The second kappa shape index (κ2) is 10.2. The summed E-state index contributed by atoms with van der Waals surface area (Å²) in [5.41, 5.74) is 1.58. The first-order valence-electron chi connectivity index (χ1n) is 7.88. The average molecular weight is 384 g/mol. The molecule has 0 aliphatic carbocycles. The zero-order valence-corrected chi connectivity index (χ0v) is 15.7. The molecule has 3 rings (SSSR count). The number of benzene rings is 1. The van der Waals surface area contributed by atoms with E-state index in [1.807, 2.05) is 47.4 Å². The van der Waals surface area contributed by atoms with Crippen LogP contribution in [0.2, 0.25) is 0 Å². The number of carbonyl (C=O) groups is 1. The number of nitrogens with zero attached hydrogens (tertiary/aromatic N) is 2. The van der Waals surface area contributed by atoms with Gasteiger partial charge in [-0.1, -0.05) is 6.07 Å². The lowest BCUT2D eigenvalue weighted by Crippen LogP contribution is -2.52. The quantitative estimate of drug-likeness (QED) is 0.881. The standard InChI is InChI=1S/C18H21N3O2.2ClH/c1-14-12-19-10-11-21(14)18(22)15-5-7-17(8-6-15)23-13-16-4-2-3-9-20-16;;/h2-9,14,19H,10-13H2,1H3;2*1H/t14-;;/m0../s1. The number of rotatable bonds is 4. The lowest BCUT2D eigenvalue weighted by atomic mass is 10.1. The summed E-state index contributed by atoms with van der Waals surface area (Å²) >= 11 is 0. The molecule has 1 atom stereocenters. The summed E-state index contributed by atoms with van der Waals surface area (Å²) in [7, 11) is 0. The summed E-state index contributed by atoms with van der Waals surface area (Å²) in [5.74, 6) is 0.816. The Morgan fingerprint density at radius 1 is 1.24 bits per heavy atom. The maximum Gasteiger partial charge on any atom is 0.254 e. The van der Waals surface area contributed by atoms with Crippen molar-refractivity contribution in [1.82, 2.24) is 15.2 Å². The van der Waals surface area contributed by atoms with Crippen molar-refractivity contribution in [3.63, 3.8) is 0 Å². The van der Waals surface area contributed by atoms with Gasteiger partial charge in [-0.05, 0) is 43.3 Å². The van der Waals surface area contributed by atoms with Gasteiger partial charge in [0.1, 0.15) is 12.4 Å². The molecule has 0 spiro atoms. The Labute approximate surface area is 160 Å². The second-order valence-corrected chi connectivity index (χ2v) is 5.69. The molecule has 0 unspecified atom stereocenters. The smallest absolute Gasteiger partial charge is 0.254 e. The van der Waals surface area contributed by atoms with Gasteiger partial charge in [0, 0.05) is 37.4 Å². The SMILES string of the molecule is C[C@H]1CNCCN1C(=O)c1ccc(OCc2ccccn2)cc1.Cl.Cl. The van der Waals surface area contributed by atoms with Crippen molar-refractivity contribution in [2.24, 2.45) is 0 Å². The molecule has 1 aromatic heterocycles. The van der Waals surface area contributed by atoms with E-state index in [2.05, 4.69) is 17.2 Å². The van der Waals surface area contributed by atoms with E-state index in [1.54, 1.807) is 6.20 Å². The van der Waals surface area contributed by atoms with Gasteiger partial charge in [-0.25, -0.2) is 0 Å². The van der Waals surface area contributed by atoms with E-state index in [1.165, 1.54) is 0 Å². The Kier molecular flexibility index (Phi) is 8.69. The molecule has 0 saturated carbocycles. The molecule has 136 valence electrons. The van der Waals surface area contributed by atoms with Crippen molar-refractivity contribution in [2.45, 2.75) is 19.6 Å². The molecular weight excluding hydrogens is 361 g/mol. The lowest BCUT2D eigenvalue weighted by molar-refractivity contribution is 0.0655. The maximum atomic E-state index is 12.5. The summed E-state index contributed by atoms with van der Waals surface area (Å²) < 4.78 is 5.70. The van der Waals surface area contributed by atoms with Crippen molar-refractivity contribution in [2.75, 3.05) is 19.6 Å². The topological polar surface area (TPSA) is 54.5 Å². The molecule has 1 aliphatic heterocycles. The third kappa shape index (κ3) is 5.59. The van der Waals surface area contributed by atoms with E-state index in [9.17, 15) is 4.79 Å². The number of hydrogen-bond acceptors (Lipinski definition) is 4. The first-order chi connectivity index (χ1) is 11.2. The maximum absolute atomic E-state index is 12.5. The van der Waals surface area contributed by atoms with Gasteiger partial charge in [-0.2, -0.15) is 0 Å². The fourth-order valence-corrected chi connectivity index (χ4v) is 2.64. The zero-order chi connectivity index (χ0) is 16.1. The number of halogens is 2. The van der Waals surface area contributed by atoms with Crippen LogP contribution in [0.1, 0.15) is 23.0 Å². The number of pyridine rings is 1. The number of aromatic nitrogens is 1. The Hall–Kier alpha value is -1.82. The Balaban J connectivity index is 0.00000156. The van der Waals surface area contributed by atoms with Crippen molar-refractivity contribution in [1.29, 1.82) is 0 Å². The van der Waals surface area contributed by atoms with Gasteiger partial charge < -0.3 is 15.0 Å². The first kappa shape index (κ1) is 21.2. The van der Waals surface area contributed by atoms with Gasteiger partial charge in [0.25, 0.3) is 5.91 Å². The molecule has 1 amide bonds. The summed E-state index contributed by atoms with van der Waals surface area (Å²) in [4.78, 5) is 18.7. The third-order valence-electron chi connectivity index (χ3n) is 3.98. The van der Waals surface area contributed by atoms with Crippen LogP contribution in [0.5, 0.6) is 5.75 Å². The summed E-state index contributed by atoms with van der Waals surface area (Å²) in [6.07, 6.45) is 1.75. The summed E-state index contributed by atoms with van der Waals surface area (Å²) in [5, 5.41) is 3.29. The highest BCUT2D eigenvalue weighted by atomic mass is 35.5. The molecule has 1 N–H and O–H groups in total. The normalized spacial score (nSPS) is 16.4. The van der Waals surface area contributed by atoms with Gasteiger partial charge in [0.15, 0.2) is 0 Å². The van der Waals surface area contributed by atoms with Crippen LogP contribution in [0.3, 0.4) is 0 Å². The summed E-state index contributed by atoms with van der Waals surface area (Å²) in [6, 6.07) is 13.3. The van der Waals surface area contributed by atoms with Gasteiger partial charge in [0.05, 0.1) is 5.69 Å². The highest BCUT2D eigenvalue weighted by molar-refractivity contribution is 5.94. The van der Waals surface area contributed by atoms with E-state index in [0.717, 1.165) is 31.1 Å². The molecule has 2 heterocycles. The minimum atomic E-state index is 0. The minimum Gasteiger partial charge on any atom is -0.487 e. The van der Waals surface area contributed by atoms with E-state index in [-0.39, 0.29) is 36.8 Å². The molecule has 1 aliphatic rings. The fourth-order valence-electron chi connectivity index (χ4n) is 2.64. The van der Waals surface area contributed by atoms with E-state index in [0.29, 0.717) is 12.2 Å². The Bertz CT molecular complexity index is 653. The van der Waals surface area contributed by atoms with E-state index >= 15 is 0 Å². The van der Waals surface area contributed by atoms with Crippen LogP contribution in [0, 0.1) is 0 Å². The molecule has 2 aromatic rings. The lowest BCUT2D eigenvalue weighted by Gasteiger charge is -2.34. The van der Waals surface area contributed by atoms with Crippen molar-refractivity contribution in [3.8, 4) is 5.75 Å². The van der Waals surface area contributed by atoms with Crippen LogP contribution in [0.25, 0.3) is 0 Å². The minimum absolute atomic E-state index is 0. The highest BCUT2D eigenvalue weighted by Gasteiger charge is 2.23. The van der Waals surface area contributed by atoms with Crippen LogP contribution in [-0.2, 0) is 6.61 Å². The van der Waals surface area contributed by atoms with E-state index < -0.39 is 0 Å². The van der Waals surface area contributed by atoms with Gasteiger partial charge >= 0.3 is 0 Å². The predicted octanol–water partition coefficient (Wildman–Crippen LogP) is 2.94. The van der Waals surface area contributed by atoms with Gasteiger partial charge in [-0.3, -0.25) is 9.78 Å². The monoisotopic (exact) mass is 383 g/mol. The molecule has 1 aromatic carbocycles. The molecule has 7 heteroatoms. The Morgan fingerprint density at radius 2 is 2.00 bits per heavy atom. The zero-order valence-electron chi connectivity index (χ0n) is 14.1. The van der Waals surface area contributed by atoms with Crippen LogP contribution < -0.4 is 10.1 Å².